The molecular formula is C23H38O. The molecule has 4 fully saturated rings. The van der Waals surface area contributed by atoms with E-state index in [1.165, 1.54) is 44.9 Å². The average molecular weight is 331 g/mol. The van der Waals surface area contributed by atoms with E-state index < -0.39 is 0 Å². The van der Waals surface area contributed by atoms with Gasteiger partial charge in [-0.25, -0.2) is 0 Å². The van der Waals surface area contributed by atoms with Crippen molar-refractivity contribution in [1.29, 1.82) is 0 Å². The molecule has 4 aliphatic rings. The van der Waals surface area contributed by atoms with Crippen molar-refractivity contribution in [2.24, 2.45) is 35.0 Å². The topological polar surface area (TPSA) is 20.2 Å². The molecule has 0 saturated heterocycles. The second-order valence-corrected chi connectivity index (χ2v) is 9.96. The molecule has 0 heterocycles. The highest BCUT2D eigenvalue weighted by atomic mass is 16.3. The summed E-state index contributed by atoms with van der Waals surface area (Å²) in [6, 6.07) is 0. The Morgan fingerprint density at radius 1 is 1.04 bits per heavy atom. The van der Waals surface area contributed by atoms with Gasteiger partial charge in [-0.1, -0.05) is 31.9 Å². The minimum absolute atomic E-state index is 0.322. The van der Waals surface area contributed by atoms with Crippen LogP contribution in [-0.4, -0.2) is 10.7 Å². The van der Waals surface area contributed by atoms with Crippen molar-refractivity contribution in [3.8, 4) is 0 Å². The zero-order chi connectivity index (χ0) is 16.9. The first kappa shape index (κ1) is 17.1. The first-order chi connectivity index (χ1) is 11.5. The standard InChI is InChI=1S/C23H38O/c1-4-12-23(24)14-11-18-16(15-23)6-8-20-19(18)10-13-22(3)17(5-2)7-9-21(20)22/h5,16,18-21,24H,4,6-15H2,1-3H3/b17-5+/t16-,18+,19-,20-,21+,22-,23-/m1/s1. The van der Waals surface area contributed by atoms with Crippen molar-refractivity contribution in [3.05, 3.63) is 11.6 Å². The quantitative estimate of drug-likeness (QED) is 0.605. The van der Waals surface area contributed by atoms with Gasteiger partial charge in [0.05, 0.1) is 5.60 Å². The van der Waals surface area contributed by atoms with Crippen LogP contribution < -0.4 is 0 Å². The van der Waals surface area contributed by atoms with Crippen LogP contribution in [0.4, 0.5) is 0 Å². The number of aliphatic hydroxyl groups is 1. The van der Waals surface area contributed by atoms with Gasteiger partial charge in [-0.05, 0) is 106 Å². The molecule has 0 aromatic rings. The van der Waals surface area contributed by atoms with Gasteiger partial charge in [-0.2, -0.15) is 0 Å². The van der Waals surface area contributed by atoms with Crippen LogP contribution >= 0.6 is 0 Å². The summed E-state index contributed by atoms with van der Waals surface area (Å²) in [5.41, 5.74) is 1.98. The molecule has 24 heavy (non-hydrogen) atoms. The lowest BCUT2D eigenvalue weighted by atomic mass is 9.49. The predicted octanol–water partition coefficient (Wildman–Crippen LogP) is 6.12. The van der Waals surface area contributed by atoms with E-state index in [1.807, 2.05) is 0 Å². The Balaban J connectivity index is 1.52. The largest absolute Gasteiger partial charge is 0.390 e. The van der Waals surface area contributed by atoms with E-state index in [2.05, 4.69) is 26.8 Å². The van der Waals surface area contributed by atoms with Gasteiger partial charge in [0.1, 0.15) is 0 Å². The van der Waals surface area contributed by atoms with Crippen LogP contribution in [0.5, 0.6) is 0 Å². The predicted molar refractivity (Wildman–Crippen MR) is 101 cm³/mol. The summed E-state index contributed by atoms with van der Waals surface area (Å²) >= 11 is 0. The molecule has 0 amide bonds. The summed E-state index contributed by atoms with van der Waals surface area (Å²) in [5.74, 6) is 4.67. The number of allylic oxidation sites excluding steroid dienone is 2. The number of hydrogen-bond donors (Lipinski definition) is 1. The molecule has 1 nitrogen and oxygen atoms in total. The van der Waals surface area contributed by atoms with Crippen LogP contribution in [-0.2, 0) is 0 Å². The van der Waals surface area contributed by atoms with Gasteiger partial charge in [0, 0.05) is 0 Å². The molecular weight excluding hydrogens is 292 g/mol. The van der Waals surface area contributed by atoms with Crippen molar-refractivity contribution in [3.63, 3.8) is 0 Å². The number of rotatable bonds is 2. The van der Waals surface area contributed by atoms with Gasteiger partial charge in [0.2, 0.25) is 0 Å². The zero-order valence-electron chi connectivity index (χ0n) is 16.2. The van der Waals surface area contributed by atoms with Crippen LogP contribution in [0, 0.1) is 35.0 Å². The molecule has 4 rings (SSSR count). The molecule has 0 aromatic carbocycles. The van der Waals surface area contributed by atoms with Crippen molar-refractivity contribution in [1.82, 2.24) is 0 Å². The van der Waals surface area contributed by atoms with E-state index in [4.69, 9.17) is 0 Å². The molecule has 4 aliphatic carbocycles. The summed E-state index contributed by atoms with van der Waals surface area (Å²) in [6.45, 7) is 7.08. The molecule has 1 N–H and O–H groups in total. The lowest BCUT2D eigenvalue weighted by Gasteiger charge is -2.56. The summed E-state index contributed by atoms with van der Waals surface area (Å²) in [6.07, 6.45) is 16.6. The molecule has 0 bridgehead atoms. The molecule has 0 radical (unpaired) electrons. The van der Waals surface area contributed by atoms with Crippen LogP contribution in [0.15, 0.2) is 11.6 Å². The fourth-order valence-corrected chi connectivity index (χ4v) is 7.98. The maximum atomic E-state index is 11.0. The minimum atomic E-state index is -0.322. The smallest absolute Gasteiger partial charge is 0.0650 e. The van der Waals surface area contributed by atoms with Crippen molar-refractivity contribution < 1.29 is 5.11 Å². The van der Waals surface area contributed by atoms with Gasteiger partial charge in [0.15, 0.2) is 0 Å². The fourth-order valence-electron chi connectivity index (χ4n) is 7.98. The molecule has 7 atom stereocenters. The van der Waals surface area contributed by atoms with Gasteiger partial charge in [-0.15, -0.1) is 0 Å². The van der Waals surface area contributed by atoms with Crippen LogP contribution in [0.2, 0.25) is 0 Å². The maximum absolute atomic E-state index is 11.0. The Hall–Kier alpha value is -0.300. The van der Waals surface area contributed by atoms with Crippen molar-refractivity contribution in [2.75, 3.05) is 0 Å². The third kappa shape index (κ3) is 2.52. The van der Waals surface area contributed by atoms with Crippen LogP contribution in [0.1, 0.15) is 91.4 Å². The molecule has 1 heteroatoms. The van der Waals surface area contributed by atoms with Gasteiger partial charge >= 0.3 is 0 Å². The number of hydrogen-bond acceptors (Lipinski definition) is 1. The minimum Gasteiger partial charge on any atom is -0.390 e. The summed E-state index contributed by atoms with van der Waals surface area (Å²) in [7, 11) is 0. The Morgan fingerprint density at radius 3 is 2.58 bits per heavy atom. The Labute approximate surface area is 149 Å². The summed E-state index contributed by atoms with van der Waals surface area (Å²) in [5, 5.41) is 11.0. The van der Waals surface area contributed by atoms with Crippen molar-refractivity contribution in [2.45, 2.75) is 97.0 Å². The molecule has 4 saturated carbocycles. The van der Waals surface area contributed by atoms with E-state index in [9.17, 15) is 5.11 Å². The highest BCUT2D eigenvalue weighted by molar-refractivity contribution is 5.23. The van der Waals surface area contributed by atoms with E-state index in [-0.39, 0.29) is 5.60 Å². The Kier molecular flexibility index (Phi) is 4.39. The molecule has 0 aromatic heterocycles. The van der Waals surface area contributed by atoms with E-state index in [0.717, 1.165) is 55.3 Å². The first-order valence-corrected chi connectivity index (χ1v) is 10.9. The molecule has 0 unspecified atom stereocenters. The average Bonchev–Trinajstić information content (AvgIpc) is 2.90. The van der Waals surface area contributed by atoms with E-state index >= 15 is 0 Å². The zero-order valence-corrected chi connectivity index (χ0v) is 16.2. The van der Waals surface area contributed by atoms with Crippen LogP contribution in [0.3, 0.4) is 0 Å². The monoisotopic (exact) mass is 330 g/mol. The van der Waals surface area contributed by atoms with E-state index in [0.29, 0.717) is 5.41 Å². The van der Waals surface area contributed by atoms with Crippen LogP contribution in [0.25, 0.3) is 0 Å². The highest BCUT2D eigenvalue weighted by Crippen LogP contribution is 2.64. The fraction of sp³-hybridized carbons (Fsp3) is 0.913. The van der Waals surface area contributed by atoms with Crippen molar-refractivity contribution >= 4 is 0 Å². The molecule has 0 aliphatic heterocycles. The maximum Gasteiger partial charge on any atom is 0.0650 e. The molecule has 136 valence electrons. The van der Waals surface area contributed by atoms with Gasteiger partial charge in [0.25, 0.3) is 0 Å². The third-order valence-corrected chi connectivity index (χ3v) is 9.02. The lowest BCUT2D eigenvalue weighted by Crippen LogP contribution is -2.50. The second kappa shape index (κ2) is 6.15. The van der Waals surface area contributed by atoms with E-state index in [1.54, 1.807) is 5.57 Å². The summed E-state index contributed by atoms with van der Waals surface area (Å²) in [4.78, 5) is 0. The SMILES string of the molecule is C/C=C1\CC[C@H]2[C@@H]3CC[C@@H]4C[C@@](O)(CCC)CC[C@@H]4[C@H]3CC[C@]12C. The second-order valence-electron chi connectivity index (χ2n) is 9.96. The lowest BCUT2D eigenvalue weighted by molar-refractivity contribution is -0.0998. The third-order valence-electron chi connectivity index (χ3n) is 9.02. The Bertz CT molecular complexity index is 508. The van der Waals surface area contributed by atoms with Gasteiger partial charge < -0.3 is 5.11 Å². The molecule has 0 spiro atoms. The highest BCUT2D eigenvalue weighted by Gasteiger charge is 2.55. The van der Waals surface area contributed by atoms with Gasteiger partial charge in [-0.3, -0.25) is 0 Å². The number of fused-ring (bicyclic) bond motifs is 5. The first-order valence-electron chi connectivity index (χ1n) is 10.9. The summed E-state index contributed by atoms with van der Waals surface area (Å²) < 4.78 is 0. The Morgan fingerprint density at radius 2 is 1.83 bits per heavy atom. The normalized spacial score (nSPS) is 52.7.